The lowest BCUT2D eigenvalue weighted by atomic mass is 9.90. The van der Waals surface area contributed by atoms with Crippen molar-refractivity contribution in [2.24, 2.45) is 11.8 Å². The Bertz CT molecular complexity index is 512. The molecular weight excluding hydrogens is 342 g/mol. The summed E-state index contributed by atoms with van der Waals surface area (Å²) < 4.78 is 20.7. The molecule has 1 aliphatic rings. The molecule has 1 saturated heterocycles. The van der Waals surface area contributed by atoms with Gasteiger partial charge in [0.05, 0.1) is 32.3 Å². The lowest BCUT2D eigenvalue weighted by molar-refractivity contribution is -0.155. The topological polar surface area (TPSA) is 100 Å². The first-order valence-electron chi connectivity index (χ1n) is 8.79. The molecule has 8 heteroatoms. The predicted molar refractivity (Wildman–Crippen MR) is 93.4 cm³/mol. The number of amides is 1. The fourth-order valence-corrected chi connectivity index (χ4v) is 2.99. The smallest absolute Gasteiger partial charge is 0.407 e. The lowest BCUT2D eigenvalue weighted by Crippen LogP contribution is -2.49. The highest BCUT2D eigenvalue weighted by Crippen LogP contribution is 2.32. The van der Waals surface area contributed by atoms with Gasteiger partial charge in [0.15, 0.2) is 6.10 Å². The summed E-state index contributed by atoms with van der Waals surface area (Å²) in [5.74, 6) is -1.50. The Labute approximate surface area is 154 Å². The van der Waals surface area contributed by atoms with Crippen LogP contribution in [0.4, 0.5) is 4.79 Å². The second-order valence-corrected chi connectivity index (χ2v) is 7.86. The number of ether oxygens (including phenoxy) is 4. The van der Waals surface area contributed by atoms with E-state index >= 15 is 0 Å². The maximum absolute atomic E-state index is 12.2. The fraction of sp³-hybridized carbons (Fsp3) is 0.833. The normalized spacial score (nSPS) is 24.1. The lowest BCUT2D eigenvalue weighted by Gasteiger charge is -2.30. The molecule has 1 aliphatic heterocycles. The molecule has 26 heavy (non-hydrogen) atoms. The Kier molecular flexibility index (Phi) is 7.87. The van der Waals surface area contributed by atoms with Gasteiger partial charge in [0.2, 0.25) is 0 Å². The summed E-state index contributed by atoms with van der Waals surface area (Å²) in [5, 5.41) is 2.79. The molecule has 0 aromatic heterocycles. The Balaban J connectivity index is 3.01. The van der Waals surface area contributed by atoms with Crippen LogP contribution >= 0.6 is 0 Å². The third-order valence-corrected chi connectivity index (χ3v) is 3.98. The summed E-state index contributed by atoms with van der Waals surface area (Å²) in [6.07, 6.45) is -1.48. The number of hydrogen-bond donors (Lipinski definition) is 1. The molecule has 1 fully saturated rings. The number of esters is 2. The first-order valence-corrected chi connectivity index (χ1v) is 8.79. The molecule has 0 unspecified atom stereocenters. The van der Waals surface area contributed by atoms with Gasteiger partial charge in [-0.1, -0.05) is 13.8 Å². The van der Waals surface area contributed by atoms with Crippen molar-refractivity contribution in [2.75, 3.05) is 14.2 Å². The highest BCUT2D eigenvalue weighted by atomic mass is 16.6. The van der Waals surface area contributed by atoms with Crippen molar-refractivity contribution in [3.8, 4) is 0 Å². The van der Waals surface area contributed by atoms with Crippen molar-refractivity contribution in [3.05, 3.63) is 0 Å². The van der Waals surface area contributed by atoms with Gasteiger partial charge in [-0.2, -0.15) is 0 Å². The van der Waals surface area contributed by atoms with Crippen molar-refractivity contribution in [1.82, 2.24) is 5.32 Å². The summed E-state index contributed by atoms with van der Waals surface area (Å²) in [5.41, 5.74) is -0.653. The minimum absolute atomic E-state index is 0.147. The molecule has 0 radical (unpaired) electrons. The summed E-state index contributed by atoms with van der Waals surface area (Å²) in [7, 11) is 2.54. The minimum atomic E-state index is -0.871. The van der Waals surface area contributed by atoms with E-state index in [1.807, 2.05) is 13.8 Å². The zero-order valence-electron chi connectivity index (χ0n) is 16.7. The Morgan fingerprint density at radius 1 is 1.12 bits per heavy atom. The van der Waals surface area contributed by atoms with Crippen molar-refractivity contribution < 1.29 is 33.3 Å². The number of nitrogens with one attached hydrogen (secondary N) is 1. The summed E-state index contributed by atoms with van der Waals surface area (Å²) in [6, 6.07) is -0.511. The molecule has 150 valence electrons. The van der Waals surface area contributed by atoms with Gasteiger partial charge in [-0.3, -0.25) is 4.79 Å². The van der Waals surface area contributed by atoms with E-state index in [-0.39, 0.29) is 12.3 Å². The van der Waals surface area contributed by atoms with Crippen LogP contribution in [0.5, 0.6) is 0 Å². The van der Waals surface area contributed by atoms with Gasteiger partial charge >= 0.3 is 18.0 Å². The predicted octanol–water partition coefficient (Wildman–Crippen LogP) is 2.05. The number of carbonyl (C=O) groups excluding carboxylic acids is 3. The van der Waals surface area contributed by atoms with E-state index < -0.39 is 47.8 Å². The van der Waals surface area contributed by atoms with Crippen molar-refractivity contribution >= 4 is 18.0 Å². The van der Waals surface area contributed by atoms with E-state index in [4.69, 9.17) is 18.9 Å². The number of carbonyl (C=O) groups is 3. The van der Waals surface area contributed by atoms with Crippen LogP contribution in [0.1, 0.15) is 47.5 Å². The number of methoxy groups -OCH3 is 2. The first-order chi connectivity index (χ1) is 12.0. The van der Waals surface area contributed by atoms with Gasteiger partial charge in [0.1, 0.15) is 5.60 Å². The molecule has 1 N–H and O–H groups in total. The van der Waals surface area contributed by atoms with Crippen LogP contribution in [0.3, 0.4) is 0 Å². The van der Waals surface area contributed by atoms with Crippen molar-refractivity contribution in [2.45, 2.75) is 71.3 Å². The molecule has 0 aromatic carbocycles. The van der Waals surface area contributed by atoms with Gasteiger partial charge in [-0.05, 0) is 33.1 Å². The van der Waals surface area contributed by atoms with Gasteiger partial charge < -0.3 is 24.3 Å². The largest absolute Gasteiger partial charge is 0.469 e. The maximum atomic E-state index is 12.2. The van der Waals surface area contributed by atoms with Crippen molar-refractivity contribution in [3.63, 3.8) is 0 Å². The fourth-order valence-electron chi connectivity index (χ4n) is 2.99. The molecule has 1 amide bonds. The standard InChI is InChI=1S/C18H31NO7/c1-10(2)8-12(19-17(22)26-18(3,4)5)14-11(15(20)23-6)9-13(25-14)16(21)24-7/h10-14H,8-9H2,1-7H3,(H,19,22)/t11-,12+,13-,14-/m1/s1. The molecule has 0 spiro atoms. The molecule has 4 atom stereocenters. The average Bonchev–Trinajstić information content (AvgIpc) is 2.95. The second kappa shape index (κ2) is 9.21. The number of rotatable bonds is 6. The summed E-state index contributed by atoms with van der Waals surface area (Å²) in [6.45, 7) is 9.27. The summed E-state index contributed by atoms with van der Waals surface area (Å²) in [4.78, 5) is 36.3. The zero-order chi connectivity index (χ0) is 20.1. The van der Waals surface area contributed by atoms with E-state index in [2.05, 4.69) is 5.32 Å². The molecule has 0 aromatic rings. The number of alkyl carbamates (subject to hydrolysis) is 1. The van der Waals surface area contributed by atoms with Crippen LogP contribution in [0, 0.1) is 11.8 Å². The molecule has 0 aliphatic carbocycles. The van der Waals surface area contributed by atoms with E-state index in [9.17, 15) is 14.4 Å². The van der Waals surface area contributed by atoms with E-state index in [0.717, 1.165) is 0 Å². The molecule has 1 rings (SSSR count). The quantitative estimate of drug-likeness (QED) is 0.562. The second-order valence-electron chi connectivity index (χ2n) is 7.86. The molecule has 1 heterocycles. The van der Waals surface area contributed by atoms with E-state index in [1.54, 1.807) is 20.8 Å². The van der Waals surface area contributed by atoms with E-state index in [1.165, 1.54) is 14.2 Å². The Morgan fingerprint density at radius 3 is 2.15 bits per heavy atom. The van der Waals surface area contributed by atoms with Crippen LogP contribution in [0.2, 0.25) is 0 Å². The first kappa shape index (κ1) is 22.2. The molecule has 8 nitrogen and oxygen atoms in total. The van der Waals surface area contributed by atoms with Gasteiger partial charge in [-0.25, -0.2) is 9.59 Å². The van der Waals surface area contributed by atoms with Crippen LogP contribution in [0.15, 0.2) is 0 Å². The maximum Gasteiger partial charge on any atom is 0.407 e. The third-order valence-electron chi connectivity index (χ3n) is 3.98. The monoisotopic (exact) mass is 373 g/mol. The Morgan fingerprint density at radius 2 is 1.69 bits per heavy atom. The molecule has 0 saturated carbocycles. The summed E-state index contributed by atoms with van der Waals surface area (Å²) >= 11 is 0. The molecular formula is C18H31NO7. The van der Waals surface area contributed by atoms with Gasteiger partial charge in [0.25, 0.3) is 0 Å². The zero-order valence-corrected chi connectivity index (χ0v) is 16.7. The van der Waals surface area contributed by atoms with Crippen LogP contribution in [0.25, 0.3) is 0 Å². The average molecular weight is 373 g/mol. The van der Waals surface area contributed by atoms with Crippen LogP contribution in [-0.4, -0.2) is 56.1 Å². The molecule has 0 bridgehead atoms. The third kappa shape index (κ3) is 6.48. The minimum Gasteiger partial charge on any atom is -0.469 e. The Hall–Kier alpha value is -1.83. The highest BCUT2D eigenvalue weighted by molar-refractivity contribution is 5.79. The van der Waals surface area contributed by atoms with Gasteiger partial charge in [0, 0.05) is 6.42 Å². The van der Waals surface area contributed by atoms with Gasteiger partial charge in [-0.15, -0.1) is 0 Å². The van der Waals surface area contributed by atoms with E-state index in [0.29, 0.717) is 6.42 Å². The SMILES string of the molecule is COC(=O)[C@H]1C[C@@H](C(=O)OC)[C@H]([C@H](CC(C)C)NC(=O)OC(C)(C)C)O1. The highest BCUT2D eigenvalue weighted by Gasteiger charge is 2.48. The van der Waals surface area contributed by atoms with Crippen LogP contribution < -0.4 is 5.32 Å². The van der Waals surface area contributed by atoms with Crippen molar-refractivity contribution in [1.29, 1.82) is 0 Å². The number of hydrogen-bond acceptors (Lipinski definition) is 7. The van der Waals surface area contributed by atoms with Crippen LogP contribution in [-0.2, 0) is 28.5 Å².